The maximum Gasteiger partial charge on any atom is 0.307 e. The topological polar surface area (TPSA) is 80.4 Å². The second-order valence-corrected chi connectivity index (χ2v) is 9.27. The number of carbonyl (C=O) groups is 1. The number of fused-ring (bicyclic) bond motifs is 2. The molecular weight excluding hydrogens is 390 g/mol. The number of halogens is 1. The average molecular weight is 420 g/mol. The molecule has 2 bridgehead atoms. The van der Waals surface area contributed by atoms with Gasteiger partial charge in [0.05, 0.1) is 10.8 Å². The van der Waals surface area contributed by atoms with Gasteiger partial charge in [-0.25, -0.2) is 0 Å². The molecule has 0 aliphatic heterocycles. The number of carboxylic acids is 1. The molecule has 2 unspecified atom stereocenters. The number of hydrogen-bond acceptors (Lipinski definition) is 3. The number of rotatable bonds is 10. The van der Waals surface area contributed by atoms with Gasteiger partial charge in [-0.3, -0.25) is 14.9 Å². The first-order chi connectivity index (χ1) is 13.8. The highest BCUT2D eigenvalue weighted by atomic mass is 35.5. The van der Waals surface area contributed by atoms with E-state index < -0.39 is 16.8 Å². The third-order valence-electron chi connectivity index (χ3n) is 6.99. The van der Waals surface area contributed by atoms with Crippen molar-refractivity contribution in [2.24, 2.45) is 17.3 Å². The summed E-state index contributed by atoms with van der Waals surface area (Å²) in [5.41, 5.74) is 0.970. The maximum absolute atomic E-state index is 12.0. The van der Waals surface area contributed by atoms with E-state index in [2.05, 4.69) is 12.2 Å². The summed E-state index contributed by atoms with van der Waals surface area (Å²) in [6.45, 7) is 1.96. The van der Waals surface area contributed by atoms with Crippen molar-refractivity contribution in [2.75, 3.05) is 0 Å². The number of carboxylic acid groups (broad SMARTS) is 1. The van der Waals surface area contributed by atoms with E-state index >= 15 is 0 Å². The zero-order valence-electron chi connectivity index (χ0n) is 17.0. The van der Waals surface area contributed by atoms with Crippen molar-refractivity contribution in [3.8, 4) is 0 Å². The summed E-state index contributed by atoms with van der Waals surface area (Å²) in [6.07, 6.45) is 13.9. The van der Waals surface area contributed by atoms with Gasteiger partial charge in [0.1, 0.15) is 5.02 Å². The molecule has 5 nitrogen and oxygen atoms in total. The molecule has 2 atom stereocenters. The molecule has 2 fully saturated rings. The lowest BCUT2D eigenvalue weighted by molar-refractivity contribution is -0.384. The van der Waals surface area contributed by atoms with Crippen LogP contribution in [0, 0.1) is 27.4 Å². The molecule has 3 rings (SSSR count). The lowest BCUT2D eigenvalue weighted by atomic mass is 9.79. The third-order valence-corrected chi connectivity index (χ3v) is 7.31. The van der Waals surface area contributed by atoms with Crippen LogP contribution in [0.4, 0.5) is 5.69 Å². The van der Waals surface area contributed by atoms with E-state index in [4.69, 9.17) is 11.6 Å². The fourth-order valence-corrected chi connectivity index (χ4v) is 5.60. The molecule has 1 aromatic rings. The summed E-state index contributed by atoms with van der Waals surface area (Å²) in [6, 6.07) is 4.69. The zero-order valence-corrected chi connectivity index (χ0v) is 17.7. The molecule has 1 aromatic carbocycles. The SMILES string of the molecule is CCCC(C(=O)O)C(CC=CCC12CCC(CC1)C2)c1ccc(Cl)c([N+](=O)[O-])c1. The molecule has 1 N–H and O–H groups in total. The Morgan fingerprint density at radius 1 is 1.38 bits per heavy atom. The Morgan fingerprint density at radius 2 is 2.10 bits per heavy atom. The van der Waals surface area contributed by atoms with Crippen molar-refractivity contribution in [3.05, 3.63) is 51.1 Å². The van der Waals surface area contributed by atoms with Gasteiger partial charge in [-0.2, -0.15) is 0 Å². The monoisotopic (exact) mass is 419 g/mol. The summed E-state index contributed by atoms with van der Waals surface area (Å²) in [4.78, 5) is 22.7. The van der Waals surface area contributed by atoms with E-state index in [0.29, 0.717) is 23.8 Å². The van der Waals surface area contributed by atoms with Crippen molar-refractivity contribution in [1.82, 2.24) is 0 Å². The second kappa shape index (κ2) is 9.29. The van der Waals surface area contributed by atoms with Gasteiger partial charge in [-0.1, -0.05) is 43.2 Å². The van der Waals surface area contributed by atoms with Gasteiger partial charge in [-0.05, 0) is 74.3 Å². The molecule has 0 aromatic heterocycles. The van der Waals surface area contributed by atoms with Crippen LogP contribution in [0.25, 0.3) is 0 Å². The van der Waals surface area contributed by atoms with Gasteiger partial charge in [0.25, 0.3) is 5.69 Å². The molecular formula is C23H30ClNO4. The number of aliphatic carboxylic acids is 1. The molecule has 2 saturated carbocycles. The zero-order chi connectivity index (χ0) is 21.0. The predicted molar refractivity (Wildman–Crippen MR) is 114 cm³/mol. The molecule has 0 spiro atoms. The summed E-state index contributed by atoms with van der Waals surface area (Å²) >= 11 is 5.96. The van der Waals surface area contributed by atoms with E-state index in [0.717, 1.165) is 18.8 Å². The molecule has 158 valence electrons. The van der Waals surface area contributed by atoms with Crippen LogP contribution in [0.5, 0.6) is 0 Å². The summed E-state index contributed by atoms with van der Waals surface area (Å²) in [5, 5.41) is 21.2. The fourth-order valence-electron chi connectivity index (χ4n) is 5.41. The Kier molecular flexibility index (Phi) is 6.99. The largest absolute Gasteiger partial charge is 0.481 e. The van der Waals surface area contributed by atoms with Crippen LogP contribution < -0.4 is 0 Å². The predicted octanol–water partition coefficient (Wildman–Crippen LogP) is 6.75. The van der Waals surface area contributed by atoms with Crippen LogP contribution in [0.15, 0.2) is 30.4 Å². The minimum absolute atomic E-state index is 0.0755. The van der Waals surface area contributed by atoms with Crippen molar-refractivity contribution < 1.29 is 14.8 Å². The molecule has 29 heavy (non-hydrogen) atoms. The first-order valence-corrected chi connectivity index (χ1v) is 11.0. The molecule has 2 aliphatic carbocycles. The Bertz CT molecular complexity index is 783. The second-order valence-electron chi connectivity index (χ2n) is 8.87. The van der Waals surface area contributed by atoms with Gasteiger partial charge in [0.2, 0.25) is 0 Å². The van der Waals surface area contributed by atoms with E-state index in [-0.39, 0.29) is 16.6 Å². The molecule has 6 heteroatoms. The first kappa shape index (κ1) is 21.8. The summed E-state index contributed by atoms with van der Waals surface area (Å²) in [5.74, 6) is -0.828. The first-order valence-electron chi connectivity index (χ1n) is 10.7. The summed E-state index contributed by atoms with van der Waals surface area (Å²) in [7, 11) is 0. The molecule has 0 radical (unpaired) electrons. The lowest BCUT2D eigenvalue weighted by Gasteiger charge is -2.25. The third kappa shape index (κ3) is 5.00. The number of benzene rings is 1. The van der Waals surface area contributed by atoms with Crippen LogP contribution >= 0.6 is 11.6 Å². The molecule has 2 aliphatic rings. The van der Waals surface area contributed by atoms with Crippen molar-refractivity contribution >= 4 is 23.3 Å². The highest BCUT2D eigenvalue weighted by molar-refractivity contribution is 6.32. The van der Waals surface area contributed by atoms with E-state index in [1.165, 1.54) is 44.2 Å². The summed E-state index contributed by atoms with van der Waals surface area (Å²) < 4.78 is 0. The maximum atomic E-state index is 12.0. The van der Waals surface area contributed by atoms with Crippen LogP contribution in [-0.4, -0.2) is 16.0 Å². The van der Waals surface area contributed by atoms with Crippen LogP contribution in [-0.2, 0) is 4.79 Å². The Morgan fingerprint density at radius 3 is 2.66 bits per heavy atom. The molecule has 0 heterocycles. The number of allylic oxidation sites excluding steroid dienone is 2. The number of nitro benzene ring substituents is 1. The lowest BCUT2D eigenvalue weighted by Crippen LogP contribution is -2.22. The number of nitrogens with zero attached hydrogens (tertiary/aromatic N) is 1. The minimum atomic E-state index is -0.851. The van der Waals surface area contributed by atoms with Crippen LogP contribution in [0.2, 0.25) is 5.02 Å². The number of nitro groups is 1. The molecule has 0 saturated heterocycles. The quantitative estimate of drug-likeness (QED) is 0.258. The Balaban J connectivity index is 1.79. The highest BCUT2D eigenvalue weighted by Crippen LogP contribution is 2.56. The highest BCUT2D eigenvalue weighted by Gasteiger charge is 2.43. The number of hydrogen-bond donors (Lipinski definition) is 1. The van der Waals surface area contributed by atoms with E-state index in [9.17, 15) is 20.0 Å². The van der Waals surface area contributed by atoms with Crippen LogP contribution in [0.1, 0.15) is 76.2 Å². The Hall–Kier alpha value is -1.88. The molecule has 0 amide bonds. The normalized spacial score (nSPS) is 25.4. The van der Waals surface area contributed by atoms with Gasteiger partial charge in [0, 0.05) is 12.0 Å². The van der Waals surface area contributed by atoms with Crippen molar-refractivity contribution in [2.45, 2.75) is 70.6 Å². The Labute approximate surface area is 177 Å². The van der Waals surface area contributed by atoms with Gasteiger partial charge < -0.3 is 5.11 Å². The van der Waals surface area contributed by atoms with Crippen molar-refractivity contribution in [1.29, 1.82) is 0 Å². The van der Waals surface area contributed by atoms with Crippen molar-refractivity contribution in [3.63, 3.8) is 0 Å². The average Bonchev–Trinajstić information content (AvgIpc) is 3.28. The smallest absolute Gasteiger partial charge is 0.307 e. The van der Waals surface area contributed by atoms with E-state index in [1.54, 1.807) is 6.07 Å². The standard InChI is InChI=1S/C23H30ClNO4/c1-2-5-19(22(26)27)18(17-7-8-20(24)21(14-17)25(28)29)6-3-4-11-23-12-9-16(15-23)10-13-23/h3-4,7-8,14,16,18-19H,2,5-6,9-13,15H2,1H3,(H,26,27). The van der Waals surface area contributed by atoms with Gasteiger partial charge >= 0.3 is 5.97 Å². The fraction of sp³-hybridized carbons (Fsp3) is 0.609. The van der Waals surface area contributed by atoms with Gasteiger partial charge in [0.15, 0.2) is 0 Å². The minimum Gasteiger partial charge on any atom is -0.481 e. The van der Waals surface area contributed by atoms with E-state index in [1.807, 2.05) is 6.92 Å². The van der Waals surface area contributed by atoms with Gasteiger partial charge in [-0.15, -0.1) is 0 Å². The van der Waals surface area contributed by atoms with Crippen LogP contribution in [0.3, 0.4) is 0 Å².